The first-order valence-corrected chi connectivity index (χ1v) is 5.93. The van der Waals surface area contributed by atoms with E-state index in [1.807, 2.05) is 6.07 Å². The number of aromatic hydroxyl groups is 1. The highest BCUT2D eigenvalue weighted by Crippen LogP contribution is 2.29. The number of nitrogens with one attached hydrogen (secondary N) is 2. The van der Waals surface area contributed by atoms with Crippen LogP contribution < -0.4 is 10.6 Å². The maximum atomic E-state index is 11.8. The summed E-state index contributed by atoms with van der Waals surface area (Å²) in [6.45, 7) is 0. The smallest absolute Gasteiger partial charge is 0.324 e. The van der Waals surface area contributed by atoms with Crippen molar-refractivity contribution < 1.29 is 14.4 Å². The minimum atomic E-state index is -0.435. The molecule has 0 radical (unpaired) electrons. The van der Waals surface area contributed by atoms with E-state index in [0.717, 1.165) is 5.39 Å². The van der Waals surface area contributed by atoms with Gasteiger partial charge in [-0.1, -0.05) is 29.4 Å². The second-order valence-electron chi connectivity index (χ2n) is 4.14. The highest BCUT2D eigenvalue weighted by atomic mass is 16.5. The molecule has 0 aliphatic rings. The summed E-state index contributed by atoms with van der Waals surface area (Å²) in [5, 5.41) is 20.0. The number of nitrogens with zero attached hydrogens (tertiary/aromatic N) is 1. The minimum absolute atomic E-state index is 0.169. The standard InChI is InChI=1S/C14H11N3O3/c18-12-6-2-3-9-10(12)4-1-5-11(9)15-14(19)16-13-7-8-20-17-13/h1-8,18H,(H2,15,16,17,19). The molecule has 0 aliphatic carbocycles. The van der Waals surface area contributed by atoms with Crippen LogP contribution in [0, 0.1) is 0 Å². The molecule has 3 N–H and O–H groups in total. The van der Waals surface area contributed by atoms with Crippen molar-refractivity contribution in [1.29, 1.82) is 0 Å². The van der Waals surface area contributed by atoms with E-state index in [2.05, 4.69) is 20.3 Å². The summed E-state index contributed by atoms with van der Waals surface area (Å²) in [5.41, 5.74) is 0.597. The van der Waals surface area contributed by atoms with E-state index in [1.165, 1.54) is 12.3 Å². The van der Waals surface area contributed by atoms with Gasteiger partial charge in [-0.15, -0.1) is 0 Å². The van der Waals surface area contributed by atoms with Crippen molar-refractivity contribution in [2.75, 3.05) is 10.6 Å². The first-order valence-electron chi connectivity index (χ1n) is 5.93. The number of benzene rings is 2. The van der Waals surface area contributed by atoms with Crippen LogP contribution in [0.5, 0.6) is 5.75 Å². The lowest BCUT2D eigenvalue weighted by Gasteiger charge is -2.09. The molecular weight excluding hydrogens is 258 g/mol. The fourth-order valence-corrected chi connectivity index (χ4v) is 1.95. The fourth-order valence-electron chi connectivity index (χ4n) is 1.95. The molecule has 0 atom stereocenters. The number of urea groups is 1. The molecule has 2 aromatic carbocycles. The Kier molecular flexibility index (Phi) is 2.96. The number of fused-ring (bicyclic) bond motifs is 1. The van der Waals surface area contributed by atoms with Crippen molar-refractivity contribution in [1.82, 2.24) is 5.16 Å². The Morgan fingerprint density at radius 1 is 1.05 bits per heavy atom. The molecule has 20 heavy (non-hydrogen) atoms. The summed E-state index contributed by atoms with van der Waals surface area (Å²) >= 11 is 0. The van der Waals surface area contributed by atoms with Gasteiger partial charge in [-0.2, -0.15) is 0 Å². The Labute approximate surface area is 114 Å². The number of anilines is 2. The van der Waals surface area contributed by atoms with Gasteiger partial charge >= 0.3 is 6.03 Å². The zero-order valence-electron chi connectivity index (χ0n) is 10.3. The second kappa shape index (κ2) is 4.93. The van der Waals surface area contributed by atoms with Crippen LogP contribution in [0.4, 0.5) is 16.3 Å². The molecule has 0 aliphatic heterocycles. The van der Waals surface area contributed by atoms with Gasteiger partial charge in [0, 0.05) is 16.8 Å². The third kappa shape index (κ3) is 2.26. The molecule has 3 rings (SSSR count). The number of amides is 2. The summed E-state index contributed by atoms with van der Waals surface area (Å²) in [6.07, 6.45) is 1.37. The first kappa shape index (κ1) is 12.0. The predicted molar refractivity (Wildman–Crippen MR) is 74.8 cm³/mol. The van der Waals surface area contributed by atoms with Crippen LogP contribution in [-0.2, 0) is 0 Å². The quantitative estimate of drug-likeness (QED) is 0.666. The third-order valence-electron chi connectivity index (χ3n) is 2.83. The van der Waals surface area contributed by atoms with E-state index in [1.54, 1.807) is 30.3 Å². The maximum absolute atomic E-state index is 11.8. The molecule has 0 unspecified atom stereocenters. The van der Waals surface area contributed by atoms with Gasteiger partial charge in [-0.25, -0.2) is 4.79 Å². The van der Waals surface area contributed by atoms with Gasteiger partial charge in [-0.3, -0.25) is 5.32 Å². The molecule has 2 amide bonds. The number of carbonyl (C=O) groups is 1. The van der Waals surface area contributed by atoms with E-state index in [4.69, 9.17) is 0 Å². The summed E-state index contributed by atoms with van der Waals surface area (Å²) in [7, 11) is 0. The lowest BCUT2D eigenvalue weighted by molar-refractivity contribution is 0.262. The van der Waals surface area contributed by atoms with Crippen molar-refractivity contribution in [3.05, 3.63) is 48.7 Å². The van der Waals surface area contributed by atoms with Crippen LogP contribution in [0.3, 0.4) is 0 Å². The molecule has 100 valence electrons. The molecule has 0 bridgehead atoms. The fraction of sp³-hybridized carbons (Fsp3) is 0. The van der Waals surface area contributed by atoms with Gasteiger partial charge in [-0.05, 0) is 12.1 Å². The van der Waals surface area contributed by atoms with E-state index in [-0.39, 0.29) is 5.75 Å². The topological polar surface area (TPSA) is 87.4 Å². The number of hydrogen-bond donors (Lipinski definition) is 3. The first-order chi connectivity index (χ1) is 9.74. The van der Waals surface area contributed by atoms with Gasteiger partial charge < -0.3 is 14.9 Å². The maximum Gasteiger partial charge on any atom is 0.324 e. The Morgan fingerprint density at radius 2 is 1.85 bits per heavy atom. The molecule has 0 fully saturated rings. The molecule has 0 saturated carbocycles. The zero-order chi connectivity index (χ0) is 13.9. The van der Waals surface area contributed by atoms with E-state index in [0.29, 0.717) is 16.9 Å². The van der Waals surface area contributed by atoms with E-state index in [9.17, 15) is 9.90 Å². The van der Waals surface area contributed by atoms with E-state index >= 15 is 0 Å². The molecule has 3 aromatic rings. The number of carbonyl (C=O) groups excluding carboxylic acids is 1. The summed E-state index contributed by atoms with van der Waals surface area (Å²) in [4.78, 5) is 11.8. The molecule has 1 heterocycles. The van der Waals surface area contributed by atoms with Crippen LogP contribution in [-0.4, -0.2) is 16.3 Å². The third-order valence-corrected chi connectivity index (χ3v) is 2.83. The second-order valence-corrected chi connectivity index (χ2v) is 4.14. The van der Waals surface area contributed by atoms with Crippen molar-refractivity contribution in [2.45, 2.75) is 0 Å². The molecular formula is C14H11N3O3. The number of hydrogen-bond acceptors (Lipinski definition) is 4. The zero-order valence-corrected chi connectivity index (χ0v) is 10.3. The van der Waals surface area contributed by atoms with Gasteiger partial charge in [0.1, 0.15) is 12.0 Å². The summed E-state index contributed by atoms with van der Waals surface area (Å²) in [6, 6.07) is 11.5. The van der Waals surface area contributed by atoms with Gasteiger partial charge in [0.15, 0.2) is 5.82 Å². The molecule has 0 saturated heterocycles. The molecule has 6 nitrogen and oxygen atoms in total. The van der Waals surface area contributed by atoms with Gasteiger partial charge in [0.2, 0.25) is 0 Å². The highest BCUT2D eigenvalue weighted by molar-refractivity contribution is 6.06. The molecule has 0 spiro atoms. The van der Waals surface area contributed by atoms with Crippen LogP contribution in [0.25, 0.3) is 10.8 Å². The number of aromatic nitrogens is 1. The summed E-state index contributed by atoms with van der Waals surface area (Å²) in [5.74, 6) is 0.494. The average molecular weight is 269 g/mol. The Hall–Kier alpha value is -3.02. The number of phenols is 1. The highest BCUT2D eigenvalue weighted by Gasteiger charge is 2.08. The monoisotopic (exact) mass is 269 g/mol. The SMILES string of the molecule is O=C(Nc1ccon1)Nc1cccc2c(O)cccc12. The van der Waals surface area contributed by atoms with Crippen LogP contribution >= 0.6 is 0 Å². The van der Waals surface area contributed by atoms with Crippen LogP contribution in [0.15, 0.2) is 53.3 Å². The Morgan fingerprint density at radius 3 is 2.65 bits per heavy atom. The Bertz CT molecular complexity index is 753. The molecule has 6 heteroatoms. The summed E-state index contributed by atoms with van der Waals surface area (Å²) < 4.78 is 4.63. The van der Waals surface area contributed by atoms with Crippen molar-refractivity contribution >= 4 is 28.3 Å². The average Bonchev–Trinajstić information content (AvgIpc) is 2.93. The molecule has 1 aromatic heterocycles. The largest absolute Gasteiger partial charge is 0.507 e. The van der Waals surface area contributed by atoms with E-state index < -0.39 is 6.03 Å². The minimum Gasteiger partial charge on any atom is -0.507 e. The number of rotatable bonds is 2. The van der Waals surface area contributed by atoms with Gasteiger partial charge in [0.05, 0.1) is 5.69 Å². The van der Waals surface area contributed by atoms with Gasteiger partial charge in [0.25, 0.3) is 0 Å². The number of phenolic OH excluding ortho intramolecular Hbond substituents is 1. The normalized spacial score (nSPS) is 10.4. The Balaban J connectivity index is 1.87. The van der Waals surface area contributed by atoms with Crippen LogP contribution in [0.1, 0.15) is 0 Å². The van der Waals surface area contributed by atoms with Crippen molar-refractivity contribution in [3.8, 4) is 5.75 Å². The lowest BCUT2D eigenvalue weighted by Crippen LogP contribution is -2.19. The van der Waals surface area contributed by atoms with Crippen molar-refractivity contribution in [3.63, 3.8) is 0 Å². The lowest BCUT2D eigenvalue weighted by atomic mass is 10.1. The van der Waals surface area contributed by atoms with Crippen molar-refractivity contribution in [2.24, 2.45) is 0 Å². The van der Waals surface area contributed by atoms with Crippen LogP contribution in [0.2, 0.25) is 0 Å². The predicted octanol–water partition coefficient (Wildman–Crippen LogP) is 3.18.